The number of fused-ring (bicyclic) bond motifs is 1. The molecule has 6 nitrogen and oxygen atoms in total. The molecule has 1 aromatic carbocycles. The molecule has 2 amide bonds. The summed E-state index contributed by atoms with van der Waals surface area (Å²) >= 11 is 7.19. The average molecular weight is 314 g/mol. The smallest absolute Gasteiger partial charge is 0.323 e. The number of nitrogens with one attached hydrogen (secondary N) is 1. The van der Waals surface area contributed by atoms with Crippen LogP contribution in [0.25, 0.3) is 10.2 Å². The third kappa shape index (κ3) is 3.58. The van der Waals surface area contributed by atoms with Gasteiger partial charge in [0, 0.05) is 18.6 Å². The minimum absolute atomic E-state index is 0.0978. The first-order chi connectivity index (χ1) is 9.45. The fourth-order valence-electron chi connectivity index (χ4n) is 1.50. The van der Waals surface area contributed by atoms with Crippen LogP contribution in [0, 0.1) is 0 Å². The van der Waals surface area contributed by atoms with E-state index >= 15 is 0 Å². The molecule has 2 N–H and O–H groups in total. The van der Waals surface area contributed by atoms with Crippen LogP contribution in [0.1, 0.15) is 6.42 Å². The highest BCUT2D eigenvalue weighted by molar-refractivity contribution is 7.22. The van der Waals surface area contributed by atoms with Gasteiger partial charge in [0.25, 0.3) is 0 Å². The molecule has 0 saturated heterocycles. The van der Waals surface area contributed by atoms with Crippen molar-refractivity contribution < 1.29 is 14.7 Å². The molecule has 1 heterocycles. The lowest BCUT2D eigenvalue weighted by Crippen LogP contribution is -2.33. The molecule has 8 heteroatoms. The Hall–Kier alpha value is -1.86. The van der Waals surface area contributed by atoms with Crippen molar-refractivity contribution in [2.45, 2.75) is 6.42 Å². The Kier molecular flexibility index (Phi) is 4.41. The van der Waals surface area contributed by atoms with E-state index in [1.54, 1.807) is 18.2 Å². The number of anilines is 1. The van der Waals surface area contributed by atoms with E-state index in [-0.39, 0.29) is 13.0 Å². The molecule has 0 aliphatic rings. The molecule has 0 atom stereocenters. The number of thiazole rings is 1. The molecule has 1 aromatic heterocycles. The Morgan fingerprint density at radius 3 is 2.95 bits per heavy atom. The third-order valence-electron chi connectivity index (χ3n) is 2.57. The zero-order valence-electron chi connectivity index (χ0n) is 10.6. The number of hydrogen-bond acceptors (Lipinski definition) is 4. The van der Waals surface area contributed by atoms with E-state index in [1.165, 1.54) is 23.3 Å². The van der Waals surface area contributed by atoms with Crippen molar-refractivity contribution in [2.75, 3.05) is 18.9 Å². The summed E-state index contributed by atoms with van der Waals surface area (Å²) in [5.74, 6) is -0.945. The van der Waals surface area contributed by atoms with Gasteiger partial charge in [-0.2, -0.15) is 0 Å². The summed E-state index contributed by atoms with van der Waals surface area (Å²) in [6, 6.07) is 4.89. The molecule has 0 unspecified atom stereocenters. The summed E-state index contributed by atoms with van der Waals surface area (Å²) in [6.07, 6.45) is -0.0978. The number of urea groups is 1. The van der Waals surface area contributed by atoms with E-state index in [1.807, 2.05) is 0 Å². The van der Waals surface area contributed by atoms with Gasteiger partial charge in [-0.25, -0.2) is 9.78 Å². The molecule has 0 saturated carbocycles. The van der Waals surface area contributed by atoms with Crippen molar-refractivity contribution in [2.24, 2.45) is 0 Å². The average Bonchev–Trinajstić information content (AvgIpc) is 2.76. The maximum atomic E-state index is 11.8. The lowest BCUT2D eigenvalue weighted by Gasteiger charge is -2.15. The summed E-state index contributed by atoms with van der Waals surface area (Å²) in [5.41, 5.74) is 0.753. The number of carbonyl (C=O) groups is 2. The number of carboxylic acids is 1. The molecular formula is C12H12ClN3O3S. The maximum Gasteiger partial charge on any atom is 0.323 e. The van der Waals surface area contributed by atoms with E-state index in [2.05, 4.69) is 10.3 Å². The number of carbonyl (C=O) groups excluding carboxylic acids is 1. The highest BCUT2D eigenvalue weighted by Crippen LogP contribution is 2.28. The molecule has 0 radical (unpaired) electrons. The van der Waals surface area contributed by atoms with E-state index in [0.29, 0.717) is 10.2 Å². The van der Waals surface area contributed by atoms with Gasteiger partial charge in [-0.05, 0) is 18.2 Å². The predicted molar refractivity (Wildman–Crippen MR) is 78.5 cm³/mol. The van der Waals surface area contributed by atoms with Gasteiger partial charge >= 0.3 is 12.0 Å². The van der Waals surface area contributed by atoms with Crippen molar-refractivity contribution in [3.8, 4) is 0 Å². The first kappa shape index (κ1) is 14.5. The number of carboxylic acid groups (broad SMARTS) is 1. The quantitative estimate of drug-likeness (QED) is 0.909. The zero-order chi connectivity index (χ0) is 14.7. The SMILES string of the molecule is CN(CCC(=O)O)C(=O)Nc1nc2ccc(Cl)cc2s1. The highest BCUT2D eigenvalue weighted by Gasteiger charge is 2.13. The van der Waals surface area contributed by atoms with Crippen LogP contribution in [0.5, 0.6) is 0 Å². The van der Waals surface area contributed by atoms with Crippen molar-refractivity contribution in [1.29, 1.82) is 0 Å². The van der Waals surface area contributed by atoms with Crippen LogP contribution in [0.3, 0.4) is 0 Å². The summed E-state index contributed by atoms with van der Waals surface area (Å²) < 4.78 is 0.876. The Labute approximate surface area is 124 Å². The van der Waals surface area contributed by atoms with Gasteiger partial charge in [0.1, 0.15) is 0 Å². The van der Waals surface area contributed by atoms with E-state index in [4.69, 9.17) is 16.7 Å². The lowest BCUT2D eigenvalue weighted by atomic mass is 10.3. The second kappa shape index (κ2) is 6.06. The first-order valence-corrected chi connectivity index (χ1v) is 6.95. The van der Waals surface area contributed by atoms with Gasteiger partial charge in [-0.15, -0.1) is 0 Å². The number of amides is 2. The first-order valence-electron chi connectivity index (χ1n) is 5.75. The fourth-order valence-corrected chi connectivity index (χ4v) is 2.64. The topological polar surface area (TPSA) is 82.5 Å². The molecule has 2 rings (SSSR count). The number of benzene rings is 1. The molecule has 0 aliphatic carbocycles. The molecule has 20 heavy (non-hydrogen) atoms. The summed E-state index contributed by atoms with van der Waals surface area (Å²) in [4.78, 5) is 27.8. The maximum absolute atomic E-state index is 11.8. The minimum atomic E-state index is -0.945. The van der Waals surface area contributed by atoms with Crippen LogP contribution in [-0.2, 0) is 4.79 Å². The molecule has 0 fully saturated rings. The molecule has 0 bridgehead atoms. The third-order valence-corrected chi connectivity index (χ3v) is 3.74. The number of nitrogens with zero attached hydrogens (tertiary/aromatic N) is 2. The Bertz CT molecular complexity index is 658. The number of aliphatic carboxylic acids is 1. The second-order valence-corrected chi connectivity index (χ2v) is 5.59. The van der Waals surface area contributed by atoms with Crippen molar-refractivity contribution in [3.63, 3.8) is 0 Å². The lowest BCUT2D eigenvalue weighted by molar-refractivity contribution is -0.137. The molecule has 0 aliphatic heterocycles. The molecule has 0 spiro atoms. The summed E-state index contributed by atoms with van der Waals surface area (Å²) in [7, 11) is 1.53. The van der Waals surface area contributed by atoms with Gasteiger partial charge in [0.05, 0.1) is 16.6 Å². The minimum Gasteiger partial charge on any atom is -0.481 e. The predicted octanol–water partition coefficient (Wildman–Crippen LogP) is 2.89. The van der Waals surface area contributed by atoms with Crippen molar-refractivity contribution in [1.82, 2.24) is 9.88 Å². The highest BCUT2D eigenvalue weighted by atomic mass is 35.5. The monoisotopic (exact) mass is 313 g/mol. The van der Waals surface area contributed by atoms with Crippen LogP contribution < -0.4 is 5.32 Å². The van der Waals surface area contributed by atoms with E-state index in [9.17, 15) is 9.59 Å². The molecule has 2 aromatic rings. The van der Waals surface area contributed by atoms with Gasteiger partial charge in [0.2, 0.25) is 0 Å². The van der Waals surface area contributed by atoms with E-state index < -0.39 is 12.0 Å². The Morgan fingerprint density at radius 1 is 1.50 bits per heavy atom. The second-order valence-electron chi connectivity index (χ2n) is 4.13. The van der Waals surface area contributed by atoms with Gasteiger partial charge in [-0.1, -0.05) is 22.9 Å². The van der Waals surface area contributed by atoms with Crippen molar-refractivity contribution in [3.05, 3.63) is 23.2 Å². The summed E-state index contributed by atoms with van der Waals surface area (Å²) in [6.45, 7) is 0.137. The zero-order valence-corrected chi connectivity index (χ0v) is 12.2. The number of rotatable bonds is 4. The summed E-state index contributed by atoms with van der Waals surface area (Å²) in [5, 5.41) is 12.3. The van der Waals surface area contributed by atoms with Crippen LogP contribution >= 0.6 is 22.9 Å². The fraction of sp³-hybridized carbons (Fsp3) is 0.250. The number of aromatic nitrogens is 1. The van der Waals surface area contributed by atoms with Gasteiger partial charge in [0.15, 0.2) is 5.13 Å². The van der Waals surface area contributed by atoms with Crippen LogP contribution in [0.2, 0.25) is 5.02 Å². The Balaban J connectivity index is 2.04. The van der Waals surface area contributed by atoms with Gasteiger partial charge in [-0.3, -0.25) is 10.1 Å². The van der Waals surface area contributed by atoms with E-state index in [0.717, 1.165) is 10.2 Å². The van der Waals surface area contributed by atoms with Crippen molar-refractivity contribution >= 4 is 50.3 Å². The van der Waals surface area contributed by atoms with Crippen LogP contribution in [0.4, 0.5) is 9.93 Å². The van der Waals surface area contributed by atoms with Crippen LogP contribution in [0.15, 0.2) is 18.2 Å². The standard InChI is InChI=1S/C12H12ClN3O3S/c1-16(5-4-10(17)18)12(19)15-11-14-8-3-2-7(13)6-9(8)20-11/h2-3,6H,4-5H2,1H3,(H,17,18)(H,14,15,19). The normalized spacial score (nSPS) is 10.5. The largest absolute Gasteiger partial charge is 0.481 e. The molecule has 106 valence electrons. The van der Waals surface area contributed by atoms with Crippen LogP contribution in [-0.4, -0.2) is 40.6 Å². The number of halogens is 1. The number of hydrogen-bond donors (Lipinski definition) is 2. The Morgan fingerprint density at radius 2 is 2.25 bits per heavy atom. The van der Waals surface area contributed by atoms with Gasteiger partial charge < -0.3 is 10.0 Å². The molecular weight excluding hydrogens is 302 g/mol.